The van der Waals surface area contributed by atoms with Gasteiger partial charge in [-0.2, -0.15) is 0 Å². The van der Waals surface area contributed by atoms with Gasteiger partial charge in [0.05, 0.1) is 26.5 Å². The SMILES string of the molecule is CCCCCCCN(Cc1ccc(OC(CC)CO)cc1)C(=O)Nc1ccc(OC)cc1OC. The van der Waals surface area contributed by atoms with E-state index in [1.165, 1.54) is 19.3 Å². The molecule has 2 N–H and O–H groups in total. The molecule has 1 unspecified atom stereocenters. The summed E-state index contributed by atoms with van der Waals surface area (Å²) < 4.78 is 16.5. The van der Waals surface area contributed by atoms with E-state index in [2.05, 4.69) is 12.2 Å². The smallest absolute Gasteiger partial charge is 0.322 e. The number of urea groups is 1. The van der Waals surface area contributed by atoms with E-state index < -0.39 is 0 Å². The van der Waals surface area contributed by atoms with Crippen LogP contribution in [0.5, 0.6) is 17.2 Å². The fraction of sp³-hybridized carbons (Fsp3) is 0.519. The maximum absolute atomic E-state index is 13.2. The molecular formula is C27H40N2O5. The Hall–Kier alpha value is -2.93. The number of amides is 2. The van der Waals surface area contributed by atoms with Crippen molar-refractivity contribution < 1.29 is 24.1 Å². The van der Waals surface area contributed by atoms with Crippen LogP contribution >= 0.6 is 0 Å². The van der Waals surface area contributed by atoms with Crippen molar-refractivity contribution in [2.45, 2.75) is 65.0 Å². The zero-order chi connectivity index (χ0) is 24.8. The quantitative estimate of drug-likeness (QED) is 0.318. The summed E-state index contributed by atoms with van der Waals surface area (Å²) in [6.45, 7) is 5.30. The van der Waals surface area contributed by atoms with Crippen LogP contribution in [0.2, 0.25) is 0 Å². The van der Waals surface area contributed by atoms with Gasteiger partial charge in [-0.1, -0.05) is 51.7 Å². The molecule has 0 aliphatic rings. The molecule has 2 amide bonds. The Kier molecular flexibility index (Phi) is 12.1. The Morgan fingerprint density at radius 3 is 2.29 bits per heavy atom. The summed E-state index contributed by atoms with van der Waals surface area (Å²) in [5, 5.41) is 12.3. The van der Waals surface area contributed by atoms with Gasteiger partial charge in [-0.25, -0.2) is 4.79 Å². The molecule has 0 aromatic heterocycles. The first kappa shape index (κ1) is 27.3. The Labute approximate surface area is 204 Å². The molecule has 0 heterocycles. The number of methoxy groups -OCH3 is 2. The van der Waals surface area contributed by atoms with Gasteiger partial charge in [-0.15, -0.1) is 0 Å². The molecule has 0 fully saturated rings. The molecular weight excluding hydrogens is 432 g/mol. The highest BCUT2D eigenvalue weighted by Crippen LogP contribution is 2.29. The molecule has 7 nitrogen and oxygen atoms in total. The minimum atomic E-state index is -0.212. The molecule has 2 rings (SSSR count). The summed E-state index contributed by atoms with van der Waals surface area (Å²) >= 11 is 0. The molecule has 0 saturated heterocycles. The first-order valence-corrected chi connectivity index (χ1v) is 12.2. The Balaban J connectivity index is 2.10. The highest BCUT2D eigenvalue weighted by Gasteiger charge is 2.17. The van der Waals surface area contributed by atoms with Crippen molar-refractivity contribution >= 4 is 11.7 Å². The zero-order valence-corrected chi connectivity index (χ0v) is 21.0. The number of hydrogen-bond acceptors (Lipinski definition) is 5. The lowest BCUT2D eigenvalue weighted by Gasteiger charge is -2.24. The van der Waals surface area contributed by atoms with Gasteiger partial charge in [-0.05, 0) is 42.7 Å². The van der Waals surface area contributed by atoms with Gasteiger partial charge in [0.25, 0.3) is 0 Å². The molecule has 0 aliphatic carbocycles. The number of nitrogens with one attached hydrogen (secondary N) is 1. The Bertz CT molecular complexity index is 853. The second kappa shape index (κ2) is 15.1. The van der Waals surface area contributed by atoms with Gasteiger partial charge in [-0.3, -0.25) is 0 Å². The molecule has 0 aliphatic heterocycles. The van der Waals surface area contributed by atoms with Crippen LogP contribution in [-0.2, 0) is 6.54 Å². The van der Waals surface area contributed by atoms with Gasteiger partial charge >= 0.3 is 6.03 Å². The fourth-order valence-corrected chi connectivity index (χ4v) is 3.59. The van der Waals surface area contributed by atoms with Gasteiger partial charge in [0.15, 0.2) is 0 Å². The Morgan fingerprint density at radius 1 is 0.971 bits per heavy atom. The monoisotopic (exact) mass is 472 g/mol. The molecule has 0 bridgehead atoms. The van der Waals surface area contributed by atoms with Gasteiger partial charge in [0.2, 0.25) is 0 Å². The van der Waals surface area contributed by atoms with Crippen molar-refractivity contribution in [2.75, 3.05) is 32.7 Å². The van der Waals surface area contributed by atoms with Crippen molar-refractivity contribution in [1.82, 2.24) is 4.90 Å². The summed E-state index contributed by atoms with van der Waals surface area (Å²) in [4.78, 5) is 15.1. The van der Waals surface area contributed by atoms with E-state index in [0.29, 0.717) is 36.0 Å². The number of aliphatic hydroxyl groups excluding tert-OH is 1. The first-order valence-electron chi connectivity index (χ1n) is 12.2. The number of aliphatic hydroxyl groups is 1. The maximum Gasteiger partial charge on any atom is 0.322 e. The second-order valence-electron chi connectivity index (χ2n) is 8.31. The lowest BCUT2D eigenvalue weighted by molar-refractivity contribution is 0.112. The molecule has 2 aromatic rings. The number of nitrogens with zero attached hydrogens (tertiary/aromatic N) is 1. The Morgan fingerprint density at radius 2 is 1.68 bits per heavy atom. The van der Waals surface area contributed by atoms with E-state index >= 15 is 0 Å². The second-order valence-corrected chi connectivity index (χ2v) is 8.31. The topological polar surface area (TPSA) is 80.3 Å². The third kappa shape index (κ3) is 8.78. The van der Waals surface area contributed by atoms with Gasteiger partial charge < -0.3 is 29.5 Å². The van der Waals surface area contributed by atoms with E-state index in [9.17, 15) is 9.90 Å². The number of ether oxygens (including phenoxy) is 3. The lowest BCUT2D eigenvalue weighted by atomic mass is 10.1. The van der Waals surface area contributed by atoms with E-state index in [1.54, 1.807) is 32.4 Å². The lowest BCUT2D eigenvalue weighted by Crippen LogP contribution is -2.35. The van der Waals surface area contributed by atoms with Crippen LogP contribution in [0.3, 0.4) is 0 Å². The van der Waals surface area contributed by atoms with E-state index in [0.717, 1.165) is 24.8 Å². The van der Waals surface area contributed by atoms with Crippen molar-refractivity contribution in [3.05, 3.63) is 48.0 Å². The number of unbranched alkanes of at least 4 members (excludes halogenated alkanes) is 4. The minimum Gasteiger partial charge on any atom is -0.497 e. The van der Waals surface area contributed by atoms with Crippen molar-refractivity contribution in [1.29, 1.82) is 0 Å². The predicted molar refractivity (Wildman–Crippen MR) is 136 cm³/mol. The molecule has 1 atom stereocenters. The van der Waals surface area contributed by atoms with Crippen molar-refractivity contribution in [2.24, 2.45) is 0 Å². The van der Waals surface area contributed by atoms with Gasteiger partial charge in [0, 0.05) is 19.2 Å². The van der Waals surface area contributed by atoms with Crippen LogP contribution < -0.4 is 19.5 Å². The van der Waals surface area contributed by atoms with E-state index in [4.69, 9.17) is 14.2 Å². The molecule has 0 radical (unpaired) electrons. The molecule has 34 heavy (non-hydrogen) atoms. The van der Waals surface area contributed by atoms with Crippen LogP contribution in [0.15, 0.2) is 42.5 Å². The average Bonchev–Trinajstić information content (AvgIpc) is 2.87. The van der Waals surface area contributed by atoms with E-state index in [-0.39, 0.29) is 18.7 Å². The number of rotatable bonds is 15. The van der Waals surface area contributed by atoms with Crippen LogP contribution in [0.4, 0.5) is 10.5 Å². The van der Waals surface area contributed by atoms with Gasteiger partial charge in [0.1, 0.15) is 23.4 Å². The number of hydrogen-bond donors (Lipinski definition) is 2. The third-order valence-corrected chi connectivity index (χ3v) is 5.73. The summed E-state index contributed by atoms with van der Waals surface area (Å²) in [5.74, 6) is 1.92. The predicted octanol–water partition coefficient (Wildman–Crippen LogP) is 5.86. The molecule has 0 saturated carbocycles. The van der Waals surface area contributed by atoms with Crippen LogP contribution in [0, 0.1) is 0 Å². The summed E-state index contributed by atoms with van der Waals surface area (Å²) in [6, 6.07) is 12.9. The number of benzene rings is 2. The number of carbonyl (C=O) groups is 1. The average molecular weight is 473 g/mol. The largest absolute Gasteiger partial charge is 0.497 e. The normalized spacial score (nSPS) is 11.6. The molecule has 0 spiro atoms. The minimum absolute atomic E-state index is 0.0148. The van der Waals surface area contributed by atoms with Crippen LogP contribution in [0.1, 0.15) is 57.9 Å². The summed E-state index contributed by atoms with van der Waals surface area (Å²) in [7, 11) is 3.16. The molecule has 7 heteroatoms. The summed E-state index contributed by atoms with van der Waals surface area (Å²) in [6.07, 6.45) is 6.13. The summed E-state index contributed by atoms with van der Waals surface area (Å²) in [5.41, 5.74) is 1.61. The third-order valence-electron chi connectivity index (χ3n) is 5.73. The first-order chi connectivity index (χ1) is 16.5. The van der Waals surface area contributed by atoms with Crippen LogP contribution in [0.25, 0.3) is 0 Å². The van der Waals surface area contributed by atoms with Crippen molar-refractivity contribution in [3.8, 4) is 17.2 Å². The number of carbonyl (C=O) groups excluding carboxylic acids is 1. The van der Waals surface area contributed by atoms with Crippen molar-refractivity contribution in [3.63, 3.8) is 0 Å². The fourth-order valence-electron chi connectivity index (χ4n) is 3.59. The number of anilines is 1. The zero-order valence-electron chi connectivity index (χ0n) is 21.0. The highest BCUT2D eigenvalue weighted by atomic mass is 16.5. The maximum atomic E-state index is 13.2. The van der Waals surface area contributed by atoms with E-state index in [1.807, 2.05) is 36.1 Å². The highest BCUT2D eigenvalue weighted by molar-refractivity contribution is 5.91. The molecule has 188 valence electrons. The van der Waals surface area contributed by atoms with Crippen LogP contribution in [-0.4, -0.2) is 49.5 Å². The standard InChI is InChI=1S/C27H40N2O5/c1-5-7-8-9-10-17-29(19-21-11-13-23(14-12-21)34-22(6-2)20-30)27(31)28-25-16-15-24(32-3)18-26(25)33-4/h11-16,18,22,30H,5-10,17,19-20H2,1-4H3,(H,28,31). The molecule has 2 aromatic carbocycles.